The van der Waals surface area contributed by atoms with Crippen LogP contribution in [0.25, 0.3) is 0 Å². The number of rotatable bonds is 3. The third-order valence-corrected chi connectivity index (χ3v) is 2.38. The Morgan fingerprint density at radius 1 is 1.40 bits per heavy atom. The first kappa shape index (κ1) is 10.2. The van der Waals surface area contributed by atoms with Crippen LogP contribution in [0.3, 0.4) is 0 Å². The Morgan fingerprint density at radius 2 is 2.07 bits per heavy atom. The zero-order valence-electron chi connectivity index (χ0n) is 8.02. The van der Waals surface area contributed by atoms with Crippen molar-refractivity contribution >= 4 is 23.8 Å². The molecule has 0 unspecified atom stereocenters. The largest absolute Gasteiger partial charge is 0.338 e. The van der Waals surface area contributed by atoms with Crippen LogP contribution in [0.1, 0.15) is 18.4 Å². The zero-order chi connectivity index (χ0) is 10.7. The number of hydrogen-bond donors (Lipinski definition) is 0. The van der Waals surface area contributed by atoms with Gasteiger partial charge in [-0.25, -0.2) is 4.79 Å². The SMILES string of the molecule is O=C(O/N=C/c1ccc(Cl)cc1)C1CC1. The van der Waals surface area contributed by atoms with Gasteiger partial charge in [0.15, 0.2) is 0 Å². The predicted octanol–water partition coefficient (Wildman–Crippen LogP) is 2.63. The highest BCUT2D eigenvalue weighted by Gasteiger charge is 2.31. The number of halogens is 1. The van der Waals surface area contributed by atoms with Crippen molar-refractivity contribution in [3.8, 4) is 0 Å². The van der Waals surface area contributed by atoms with Gasteiger partial charge in [-0.15, -0.1) is 0 Å². The molecule has 0 spiro atoms. The molecule has 1 aromatic carbocycles. The molecule has 0 aliphatic heterocycles. The summed E-state index contributed by atoms with van der Waals surface area (Å²) in [6.07, 6.45) is 3.35. The van der Waals surface area contributed by atoms with Gasteiger partial charge < -0.3 is 4.84 Å². The fourth-order valence-corrected chi connectivity index (χ4v) is 1.21. The lowest BCUT2D eigenvalue weighted by Gasteiger charge is -1.94. The molecule has 1 aliphatic carbocycles. The van der Waals surface area contributed by atoms with E-state index in [0.717, 1.165) is 18.4 Å². The van der Waals surface area contributed by atoms with E-state index in [1.54, 1.807) is 24.3 Å². The van der Waals surface area contributed by atoms with Gasteiger partial charge in [-0.1, -0.05) is 28.9 Å². The Balaban J connectivity index is 1.87. The van der Waals surface area contributed by atoms with Crippen molar-refractivity contribution in [1.29, 1.82) is 0 Å². The fourth-order valence-electron chi connectivity index (χ4n) is 1.08. The first-order chi connectivity index (χ1) is 7.25. The minimum Gasteiger partial charge on any atom is -0.318 e. The standard InChI is InChI=1S/C11H10ClNO2/c12-10-5-1-8(2-6-10)7-13-15-11(14)9-3-4-9/h1-2,5-7,9H,3-4H2/b13-7+. The molecule has 0 bridgehead atoms. The minimum absolute atomic E-state index is 0.0763. The summed E-state index contributed by atoms with van der Waals surface area (Å²) in [7, 11) is 0. The van der Waals surface area contributed by atoms with Crippen LogP contribution in [0, 0.1) is 5.92 Å². The molecule has 15 heavy (non-hydrogen) atoms. The van der Waals surface area contributed by atoms with E-state index < -0.39 is 0 Å². The van der Waals surface area contributed by atoms with E-state index in [2.05, 4.69) is 5.16 Å². The van der Waals surface area contributed by atoms with Gasteiger partial charge in [0.2, 0.25) is 0 Å². The molecule has 78 valence electrons. The van der Waals surface area contributed by atoms with E-state index in [1.165, 1.54) is 6.21 Å². The van der Waals surface area contributed by atoms with E-state index in [9.17, 15) is 4.79 Å². The van der Waals surface area contributed by atoms with Crippen molar-refractivity contribution in [2.24, 2.45) is 11.1 Å². The average Bonchev–Trinajstić information content (AvgIpc) is 3.04. The summed E-state index contributed by atoms with van der Waals surface area (Å²) < 4.78 is 0. The Kier molecular flexibility index (Phi) is 3.02. The Hall–Kier alpha value is -1.35. The summed E-state index contributed by atoms with van der Waals surface area (Å²) in [6, 6.07) is 7.12. The molecule has 4 heteroatoms. The monoisotopic (exact) mass is 223 g/mol. The Bertz CT molecular complexity index is 382. The maximum atomic E-state index is 11.1. The van der Waals surface area contributed by atoms with Gasteiger partial charge in [0.25, 0.3) is 0 Å². The fraction of sp³-hybridized carbons (Fsp3) is 0.273. The molecule has 0 atom stereocenters. The van der Waals surface area contributed by atoms with Crippen LogP contribution in [-0.4, -0.2) is 12.2 Å². The minimum atomic E-state index is -0.236. The number of carbonyl (C=O) groups is 1. The van der Waals surface area contributed by atoms with Crippen LogP contribution in [0.4, 0.5) is 0 Å². The van der Waals surface area contributed by atoms with Crippen LogP contribution in [0.2, 0.25) is 5.02 Å². The molecule has 1 saturated carbocycles. The van der Waals surface area contributed by atoms with Gasteiger partial charge in [-0.2, -0.15) is 0 Å². The van der Waals surface area contributed by atoms with Crippen molar-refractivity contribution in [1.82, 2.24) is 0 Å². The predicted molar refractivity (Wildman–Crippen MR) is 57.9 cm³/mol. The third-order valence-electron chi connectivity index (χ3n) is 2.13. The zero-order valence-corrected chi connectivity index (χ0v) is 8.78. The molecule has 0 amide bonds. The molecule has 0 saturated heterocycles. The van der Waals surface area contributed by atoms with E-state index >= 15 is 0 Å². The van der Waals surface area contributed by atoms with Gasteiger partial charge in [0, 0.05) is 5.02 Å². The van der Waals surface area contributed by atoms with Gasteiger partial charge >= 0.3 is 5.97 Å². The molecule has 1 fully saturated rings. The number of oxime groups is 1. The second-order valence-electron chi connectivity index (χ2n) is 3.47. The molecular weight excluding hydrogens is 214 g/mol. The van der Waals surface area contributed by atoms with Crippen LogP contribution < -0.4 is 0 Å². The van der Waals surface area contributed by atoms with Crippen molar-refractivity contribution < 1.29 is 9.63 Å². The summed E-state index contributed by atoms with van der Waals surface area (Å²) >= 11 is 5.72. The normalized spacial score (nSPS) is 15.5. The molecule has 0 heterocycles. The first-order valence-corrected chi connectivity index (χ1v) is 5.13. The molecule has 1 aromatic rings. The van der Waals surface area contributed by atoms with Crippen LogP contribution in [-0.2, 0) is 9.63 Å². The summed E-state index contributed by atoms with van der Waals surface area (Å²) in [5.74, 6) is -0.160. The topological polar surface area (TPSA) is 38.7 Å². The lowest BCUT2D eigenvalue weighted by Crippen LogP contribution is -2.01. The molecule has 0 radical (unpaired) electrons. The van der Waals surface area contributed by atoms with E-state index in [0.29, 0.717) is 5.02 Å². The van der Waals surface area contributed by atoms with E-state index in [-0.39, 0.29) is 11.9 Å². The Labute approximate surface area is 92.7 Å². The van der Waals surface area contributed by atoms with Crippen LogP contribution in [0.5, 0.6) is 0 Å². The number of benzene rings is 1. The van der Waals surface area contributed by atoms with Gasteiger partial charge in [-0.05, 0) is 30.5 Å². The molecule has 0 N–H and O–H groups in total. The summed E-state index contributed by atoms with van der Waals surface area (Å²) in [4.78, 5) is 15.8. The molecular formula is C11H10ClNO2. The third kappa shape index (κ3) is 3.06. The molecule has 1 aliphatic rings. The lowest BCUT2D eigenvalue weighted by atomic mass is 10.2. The van der Waals surface area contributed by atoms with E-state index in [4.69, 9.17) is 16.4 Å². The molecule has 0 aromatic heterocycles. The van der Waals surface area contributed by atoms with Crippen molar-refractivity contribution in [3.63, 3.8) is 0 Å². The number of hydrogen-bond acceptors (Lipinski definition) is 3. The second kappa shape index (κ2) is 4.45. The first-order valence-electron chi connectivity index (χ1n) is 4.75. The summed E-state index contributed by atoms with van der Waals surface area (Å²) in [5, 5.41) is 4.28. The summed E-state index contributed by atoms with van der Waals surface area (Å²) in [5.41, 5.74) is 0.850. The highest BCUT2D eigenvalue weighted by Crippen LogP contribution is 2.30. The van der Waals surface area contributed by atoms with Gasteiger partial charge in [0.1, 0.15) is 0 Å². The molecule has 2 rings (SSSR count). The van der Waals surface area contributed by atoms with Crippen molar-refractivity contribution in [3.05, 3.63) is 34.9 Å². The van der Waals surface area contributed by atoms with Gasteiger partial charge in [-0.3, -0.25) is 0 Å². The average molecular weight is 224 g/mol. The lowest BCUT2D eigenvalue weighted by molar-refractivity contribution is -0.145. The quantitative estimate of drug-likeness (QED) is 0.449. The van der Waals surface area contributed by atoms with Gasteiger partial charge in [0.05, 0.1) is 12.1 Å². The smallest absolute Gasteiger partial charge is 0.318 e. The van der Waals surface area contributed by atoms with E-state index in [1.807, 2.05) is 0 Å². The summed E-state index contributed by atoms with van der Waals surface area (Å²) in [6.45, 7) is 0. The van der Waals surface area contributed by atoms with Crippen molar-refractivity contribution in [2.45, 2.75) is 12.8 Å². The number of nitrogens with zero attached hydrogens (tertiary/aromatic N) is 1. The Morgan fingerprint density at radius 3 is 2.67 bits per heavy atom. The second-order valence-corrected chi connectivity index (χ2v) is 3.91. The molecule has 3 nitrogen and oxygen atoms in total. The highest BCUT2D eigenvalue weighted by atomic mass is 35.5. The van der Waals surface area contributed by atoms with Crippen LogP contribution >= 0.6 is 11.6 Å². The maximum Gasteiger partial charge on any atom is 0.338 e. The van der Waals surface area contributed by atoms with Crippen LogP contribution in [0.15, 0.2) is 29.4 Å². The van der Waals surface area contributed by atoms with Crippen molar-refractivity contribution in [2.75, 3.05) is 0 Å². The highest BCUT2D eigenvalue weighted by molar-refractivity contribution is 6.30. The maximum absolute atomic E-state index is 11.1. The number of carbonyl (C=O) groups excluding carboxylic acids is 1.